The Bertz CT molecular complexity index is 498. The number of hydrogen-bond acceptors (Lipinski definition) is 3. The van der Waals surface area contributed by atoms with Gasteiger partial charge in [0.25, 0.3) is 0 Å². The molecular weight excluding hydrogens is 252 g/mol. The van der Waals surface area contributed by atoms with Gasteiger partial charge in [-0.3, -0.25) is 4.79 Å². The molecule has 2 bridgehead atoms. The Labute approximate surface area is 119 Å². The number of carbonyl (C=O) groups excluding carboxylic acids is 1. The summed E-state index contributed by atoms with van der Waals surface area (Å²) in [7, 11) is 0. The molecule has 2 unspecified atom stereocenters. The summed E-state index contributed by atoms with van der Waals surface area (Å²) in [6.07, 6.45) is 2.63. The highest BCUT2D eigenvalue weighted by Crippen LogP contribution is 2.31. The van der Waals surface area contributed by atoms with Crippen molar-refractivity contribution in [3.05, 3.63) is 29.8 Å². The largest absolute Gasteiger partial charge is 0.399 e. The Kier molecular flexibility index (Phi) is 3.21. The zero-order valence-corrected chi connectivity index (χ0v) is 12.1. The maximum absolute atomic E-state index is 12.9. The first kappa shape index (κ1) is 13.4. The number of carbonyl (C=O) groups is 1. The van der Waals surface area contributed by atoms with Crippen LogP contribution in [-0.4, -0.2) is 36.1 Å². The molecule has 1 aromatic carbocycles. The Hall–Kier alpha value is -1.55. The Balaban J connectivity index is 1.80. The molecule has 4 heteroatoms. The van der Waals surface area contributed by atoms with Crippen molar-refractivity contribution in [1.29, 1.82) is 0 Å². The van der Waals surface area contributed by atoms with Crippen LogP contribution in [0.2, 0.25) is 0 Å². The van der Waals surface area contributed by atoms with Crippen LogP contribution in [0.25, 0.3) is 0 Å². The zero-order chi connectivity index (χ0) is 14.3. The van der Waals surface area contributed by atoms with Crippen LogP contribution in [0.3, 0.4) is 0 Å². The lowest BCUT2D eigenvalue weighted by molar-refractivity contribution is -0.144. The highest BCUT2D eigenvalue weighted by atomic mass is 16.5. The minimum Gasteiger partial charge on any atom is -0.399 e. The van der Waals surface area contributed by atoms with Crippen molar-refractivity contribution in [2.75, 3.05) is 18.8 Å². The molecule has 2 N–H and O–H groups in total. The van der Waals surface area contributed by atoms with E-state index in [9.17, 15) is 4.79 Å². The molecule has 3 rings (SSSR count). The quantitative estimate of drug-likeness (QED) is 0.838. The molecule has 20 heavy (non-hydrogen) atoms. The Morgan fingerprint density at radius 3 is 2.30 bits per heavy atom. The van der Waals surface area contributed by atoms with Gasteiger partial charge in [0.2, 0.25) is 5.91 Å². The standard InChI is InChI=1S/C16H22N2O2/c1-16(2,11-3-5-12(17)6-4-11)15(19)18-9-13-7-8-14(10-18)20-13/h3-6,13-14H,7-10,17H2,1-2H3. The highest BCUT2D eigenvalue weighted by molar-refractivity contribution is 5.87. The van der Waals surface area contributed by atoms with Crippen LogP contribution in [-0.2, 0) is 14.9 Å². The molecule has 0 radical (unpaired) electrons. The van der Waals surface area contributed by atoms with E-state index in [-0.39, 0.29) is 18.1 Å². The number of morpholine rings is 1. The van der Waals surface area contributed by atoms with Gasteiger partial charge in [0, 0.05) is 18.8 Å². The first-order valence-corrected chi connectivity index (χ1v) is 7.27. The van der Waals surface area contributed by atoms with E-state index in [1.165, 1.54) is 0 Å². The second kappa shape index (κ2) is 4.77. The maximum atomic E-state index is 12.9. The van der Waals surface area contributed by atoms with Gasteiger partial charge in [-0.2, -0.15) is 0 Å². The minimum absolute atomic E-state index is 0.183. The molecular formula is C16H22N2O2. The molecule has 2 saturated heterocycles. The van der Waals surface area contributed by atoms with Crippen molar-refractivity contribution < 1.29 is 9.53 Å². The predicted octanol–water partition coefficient (Wildman–Crippen LogP) is 1.94. The summed E-state index contributed by atoms with van der Waals surface area (Å²) in [5.74, 6) is 0.183. The number of nitrogens with zero attached hydrogens (tertiary/aromatic N) is 1. The highest BCUT2D eigenvalue weighted by Gasteiger charge is 2.40. The lowest BCUT2D eigenvalue weighted by atomic mass is 9.83. The number of fused-ring (bicyclic) bond motifs is 2. The third-order valence-corrected chi connectivity index (χ3v) is 4.50. The summed E-state index contributed by atoms with van der Waals surface area (Å²) in [6.45, 7) is 5.43. The van der Waals surface area contributed by atoms with Crippen molar-refractivity contribution in [2.45, 2.75) is 44.3 Å². The third-order valence-electron chi connectivity index (χ3n) is 4.50. The van der Waals surface area contributed by atoms with Gasteiger partial charge < -0.3 is 15.4 Å². The van der Waals surface area contributed by atoms with Crippen molar-refractivity contribution in [2.24, 2.45) is 0 Å². The van der Waals surface area contributed by atoms with E-state index in [4.69, 9.17) is 10.5 Å². The Morgan fingerprint density at radius 1 is 1.20 bits per heavy atom. The van der Waals surface area contributed by atoms with Crippen molar-refractivity contribution >= 4 is 11.6 Å². The summed E-state index contributed by atoms with van der Waals surface area (Å²) < 4.78 is 5.80. The normalized spacial score (nSPS) is 25.8. The third kappa shape index (κ3) is 2.29. The fraction of sp³-hybridized carbons (Fsp3) is 0.562. The number of likely N-dealkylation sites (tertiary alicyclic amines) is 1. The second-order valence-corrected chi connectivity index (χ2v) is 6.41. The molecule has 4 nitrogen and oxygen atoms in total. The number of rotatable bonds is 2. The van der Waals surface area contributed by atoms with E-state index >= 15 is 0 Å². The van der Waals surface area contributed by atoms with Gasteiger partial charge in [-0.1, -0.05) is 12.1 Å². The number of nitrogen functional groups attached to an aromatic ring is 1. The van der Waals surface area contributed by atoms with E-state index in [2.05, 4.69) is 0 Å². The van der Waals surface area contributed by atoms with Crippen LogP contribution in [0.5, 0.6) is 0 Å². The van der Waals surface area contributed by atoms with Gasteiger partial charge in [0.1, 0.15) is 0 Å². The first-order valence-electron chi connectivity index (χ1n) is 7.27. The lowest BCUT2D eigenvalue weighted by Crippen LogP contribution is -2.51. The number of hydrogen-bond donors (Lipinski definition) is 1. The van der Waals surface area contributed by atoms with Gasteiger partial charge in [-0.25, -0.2) is 0 Å². The predicted molar refractivity (Wildman–Crippen MR) is 78.4 cm³/mol. The number of ether oxygens (including phenoxy) is 1. The molecule has 0 saturated carbocycles. The van der Waals surface area contributed by atoms with E-state index in [1.807, 2.05) is 43.0 Å². The van der Waals surface area contributed by atoms with E-state index in [0.29, 0.717) is 0 Å². The van der Waals surface area contributed by atoms with Gasteiger partial charge in [-0.05, 0) is 44.4 Å². The summed E-state index contributed by atoms with van der Waals surface area (Å²) in [5, 5.41) is 0. The summed E-state index contributed by atoms with van der Waals surface area (Å²) in [4.78, 5) is 14.8. The van der Waals surface area contributed by atoms with E-state index < -0.39 is 5.41 Å². The smallest absolute Gasteiger partial charge is 0.232 e. The van der Waals surface area contributed by atoms with Gasteiger partial charge in [0.15, 0.2) is 0 Å². The van der Waals surface area contributed by atoms with Gasteiger partial charge in [-0.15, -0.1) is 0 Å². The summed E-state index contributed by atoms with van der Waals surface area (Å²) >= 11 is 0. The molecule has 2 aliphatic heterocycles. The Morgan fingerprint density at radius 2 is 1.75 bits per heavy atom. The molecule has 108 valence electrons. The average molecular weight is 274 g/mol. The van der Waals surface area contributed by atoms with Crippen molar-refractivity contribution in [1.82, 2.24) is 4.90 Å². The minimum atomic E-state index is -0.523. The number of anilines is 1. The molecule has 1 aromatic rings. The van der Waals surface area contributed by atoms with Crippen LogP contribution in [0.4, 0.5) is 5.69 Å². The molecule has 0 aliphatic carbocycles. The van der Waals surface area contributed by atoms with Crippen LogP contribution in [0, 0.1) is 0 Å². The molecule has 2 heterocycles. The number of benzene rings is 1. The fourth-order valence-corrected chi connectivity index (χ4v) is 3.20. The van der Waals surface area contributed by atoms with Gasteiger partial charge in [0.05, 0.1) is 17.6 Å². The topological polar surface area (TPSA) is 55.6 Å². The van der Waals surface area contributed by atoms with Crippen LogP contribution >= 0.6 is 0 Å². The van der Waals surface area contributed by atoms with Crippen LogP contribution in [0.15, 0.2) is 24.3 Å². The second-order valence-electron chi connectivity index (χ2n) is 6.41. The van der Waals surface area contributed by atoms with E-state index in [1.54, 1.807) is 0 Å². The zero-order valence-electron chi connectivity index (χ0n) is 12.1. The average Bonchev–Trinajstić information content (AvgIpc) is 2.77. The van der Waals surface area contributed by atoms with Gasteiger partial charge >= 0.3 is 0 Å². The molecule has 2 atom stereocenters. The van der Waals surface area contributed by atoms with Crippen LogP contribution in [0.1, 0.15) is 32.3 Å². The van der Waals surface area contributed by atoms with Crippen LogP contribution < -0.4 is 5.73 Å². The monoisotopic (exact) mass is 274 g/mol. The maximum Gasteiger partial charge on any atom is 0.232 e. The summed E-state index contributed by atoms with van der Waals surface area (Å²) in [6, 6.07) is 7.60. The number of nitrogens with two attached hydrogens (primary N) is 1. The molecule has 1 amide bonds. The van der Waals surface area contributed by atoms with Crippen molar-refractivity contribution in [3.63, 3.8) is 0 Å². The molecule has 2 fully saturated rings. The van der Waals surface area contributed by atoms with Crippen molar-refractivity contribution in [3.8, 4) is 0 Å². The molecule has 2 aliphatic rings. The van der Waals surface area contributed by atoms with E-state index in [0.717, 1.165) is 37.2 Å². The molecule has 0 spiro atoms. The molecule has 0 aromatic heterocycles. The SMILES string of the molecule is CC(C)(C(=O)N1CC2CCC(C1)O2)c1ccc(N)cc1. The first-order chi connectivity index (χ1) is 9.46. The summed E-state index contributed by atoms with van der Waals surface area (Å²) in [5.41, 5.74) is 6.93. The fourth-order valence-electron chi connectivity index (χ4n) is 3.20. The lowest BCUT2D eigenvalue weighted by Gasteiger charge is -2.37. The number of amides is 1.